The van der Waals surface area contributed by atoms with E-state index in [9.17, 15) is 0 Å². The van der Waals surface area contributed by atoms with Gasteiger partial charge in [0.2, 0.25) is 0 Å². The van der Waals surface area contributed by atoms with Gasteiger partial charge in [-0.05, 0) is 42.9 Å². The van der Waals surface area contributed by atoms with E-state index in [-0.39, 0.29) is 0 Å². The molecule has 0 bridgehead atoms. The standard InChI is InChI=1S/C13H25N/c1-12(2)7-11(14-10-5-6-10)8-13(3,4)9-12/h10-11,14H,5-9H2,1-4H3. The lowest BCUT2D eigenvalue weighted by Crippen LogP contribution is -2.44. The van der Waals surface area contributed by atoms with Crippen LogP contribution in [0.5, 0.6) is 0 Å². The Balaban J connectivity index is 1.96. The van der Waals surface area contributed by atoms with E-state index >= 15 is 0 Å². The molecule has 0 amide bonds. The Labute approximate surface area is 88.7 Å². The van der Waals surface area contributed by atoms with Gasteiger partial charge in [-0.25, -0.2) is 0 Å². The van der Waals surface area contributed by atoms with Crippen molar-refractivity contribution in [3.8, 4) is 0 Å². The minimum absolute atomic E-state index is 0.536. The summed E-state index contributed by atoms with van der Waals surface area (Å²) in [6, 6.07) is 1.64. The third-order valence-electron chi connectivity index (χ3n) is 3.60. The van der Waals surface area contributed by atoms with Gasteiger partial charge in [-0.15, -0.1) is 0 Å². The van der Waals surface area contributed by atoms with Crippen LogP contribution in [0.15, 0.2) is 0 Å². The summed E-state index contributed by atoms with van der Waals surface area (Å²) < 4.78 is 0. The van der Waals surface area contributed by atoms with Crippen LogP contribution in [0, 0.1) is 10.8 Å². The van der Waals surface area contributed by atoms with E-state index in [1.54, 1.807) is 0 Å². The molecule has 0 aliphatic heterocycles. The Morgan fingerprint density at radius 1 is 0.857 bits per heavy atom. The third-order valence-corrected chi connectivity index (χ3v) is 3.60. The molecule has 14 heavy (non-hydrogen) atoms. The van der Waals surface area contributed by atoms with Gasteiger partial charge < -0.3 is 5.32 Å². The highest BCUT2D eigenvalue weighted by molar-refractivity contribution is 4.95. The number of rotatable bonds is 2. The van der Waals surface area contributed by atoms with Crippen molar-refractivity contribution in [1.29, 1.82) is 0 Å². The average Bonchev–Trinajstić information content (AvgIpc) is 2.62. The summed E-state index contributed by atoms with van der Waals surface area (Å²) in [6.45, 7) is 9.70. The fourth-order valence-corrected chi connectivity index (χ4v) is 3.55. The van der Waals surface area contributed by atoms with Crippen molar-refractivity contribution in [2.45, 2.75) is 71.9 Å². The lowest BCUT2D eigenvalue weighted by molar-refractivity contribution is 0.0845. The Morgan fingerprint density at radius 2 is 1.36 bits per heavy atom. The van der Waals surface area contributed by atoms with E-state index in [1.165, 1.54) is 32.1 Å². The summed E-state index contributed by atoms with van der Waals surface area (Å²) >= 11 is 0. The molecule has 2 rings (SSSR count). The summed E-state index contributed by atoms with van der Waals surface area (Å²) in [7, 11) is 0. The molecule has 82 valence electrons. The molecule has 1 N–H and O–H groups in total. The highest BCUT2D eigenvalue weighted by atomic mass is 15.0. The van der Waals surface area contributed by atoms with Gasteiger partial charge in [0.05, 0.1) is 0 Å². The molecule has 0 aromatic heterocycles. The summed E-state index contributed by atoms with van der Waals surface area (Å²) in [6.07, 6.45) is 6.94. The third kappa shape index (κ3) is 2.73. The van der Waals surface area contributed by atoms with Crippen molar-refractivity contribution in [3.63, 3.8) is 0 Å². The lowest BCUT2D eigenvalue weighted by atomic mass is 9.63. The van der Waals surface area contributed by atoms with Crippen molar-refractivity contribution in [2.75, 3.05) is 0 Å². The van der Waals surface area contributed by atoms with E-state index in [0.29, 0.717) is 10.8 Å². The Hall–Kier alpha value is -0.0400. The molecule has 0 heterocycles. The molecule has 0 atom stereocenters. The summed E-state index contributed by atoms with van der Waals surface area (Å²) in [5.41, 5.74) is 1.07. The summed E-state index contributed by atoms with van der Waals surface area (Å²) in [5, 5.41) is 3.80. The molecular weight excluding hydrogens is 170 g/mol. The first-order valence-electron chi connectivity index (χ1n) is 6.12. The number of hydrogen-bond acceptors (Lipinski definition) is 1. The molecular formula is C13H25N. The molecule has 0 aromatic carbocycles. The van der Waals surface area contributed by atoms with Crippen LogP contribution in [0.3, 0.4) is 0 Å². The van der Waals surface area contributed by atoms with Gasteiger partial charge in [-0.2, -0.15) is 0 Å². The molecule has 1 nitrogen and oxygen atoms in total. The van der Waals surface area contributed by atoms with Gasteiger partial charge in [0.1, 0.15) is 0 Å². The maximum atomic E-state index is 3.80. The smallest absolute Gasteiger partial charge is 0.00798 e. The van der Waals surface area contributed by atoms with Gasteiger partial charge in [0.15, 0.2) is 0 Å². The number of nitrogens with one attached hydrogen (secondary N) is 1. The molecule has 1 heteroatoms. The Kier molecular flexibility index (Phi) is 2.42. The predicted octanol–water partition coefficient (Wildman–Crippen LogP) is 3.34. The van der Waals surface area contributed by atoms with Crippen LogP contribution in [0.25, 0.3) is 0 Å². The fraction of sp³-hybridized carbons (Fsp3) is 1.00. The normalized spacial score (nSPS) is 31.7. The highest BCUT2D eigenvalue weighted by Crippen LogP contribution is 2.46. The minimum atomic E-state index is 0.536. The molecule has 0 radical (unpaired) electrons. The van der Waals surface area contributed by atoms with Crippen molar-refractivity contribution in [1.82, 2.24) is 5.32 Å². The largest absolute Gasteiger partial charge is 0.311 e. The second-order valence-electron chi connectivity index (χ2n) is 7.05. The van der Waals surface area contributed by atoms with Gasteiger partial charge in [0.25, 0.3) is 0 Å². The van der Waals surface area contributed by atoms with E-state index < -0.39 is 0 Å². The number of hydrogen-bond donors (Lipinski definition) is 1. The first-order valence-corrected chi connectivity index (χ1v) is 6.12. The van der Waals surface area contributed by atoms with Crippen LogP contribution in [-0.2, 0) is 0 Å². The predicted molar refractivity (Wildman–Crippen MR) is 61.4 cm³/mol. The van der Waals surface area contributed by atoms with E-state index in [2.05, 4.69) is 33.0 Å². The minimum Gasteiger partial charge on any atom is -0.311 e. The maximum absolute atomic E-state index is 3.80. The van der Waals surface area contributed by atoms with Crippen LogP contribution >= 0.6 is 0 Å². The quantitative estimate of drug-likeness (QED) is 0.712. The second kappa shape index (κ2) is 3.23. The second-order valence-corrected chi connectivity index (χ2v) is 7.05. The van der Waals surface area contributed by atoms with Crippen LogP contribution < -0.4 is 5.32 Å². The molecule has 0 unspecified atom stereocenters. The monoisotopic (exact) mass is 195 g/mol. The Morgan fingerprint density at radius 3 is 1.79 bits per heavy atom. The van der Waals surface area contributed by atoms with Crippen molar-refractivity contribution < 1.29 is 0 Å². The van der Waals surface area contributed by atoms with Crippen LogP contribution in [-0.4, -0.2) is 12.1 Å². The lowest BCUT2D eigenvalue weighted by Gasteiger charge is -2.45. The zero-order valence-electron chi connectivity index (χ0n) is 10.2. The molecule has 0 saturated heterocycles. The maximum Gasteiger partial charge on any atom is 0.00798 e. The average molecular weight is 195 g/mol. The van der Waals surface area contributed by atoms with Gasteiger partial charge in [-0.1, -0.05) is 27.7 Å². The summed E-state index contributed by atoms with van der Waals surface area (Å²) in [4.78, 5) is 0. The zero-order chi connectivity index (χ0) is 10.4. The van der Waals surface area contributed by atoms with Crippen molar-refractivity contribution >= 4 is 0 Å². The molecule has 2 saturated carbocycles. The van der Waals surface area contributed by atoms with Crippen molar-refractivity contribution in [3.05, 3.63) is 0 Å². The SMILES string of the molecule is CC1(C)CC(NC2CC2)CC(C)(C)C1. The van der Waals surface area contributed by atoms with Gasteiger partial charge >= 0.3 is 0 Å². The molecule has 2 aliphatic rings. The van der Waals surface area contributed by atoms with Gasteiger partial charge in [0, 0.05) is 12.1 Å². The van der Waals surface area contributed by atoms with Crippen LogP contribution in [0.2, 0.25) is 0 Å². The topological polar surface area (TPSA) is 12.0 Å². The molecule has 0 aromatic rings. The van der Waals surface area contributed by atoms with E-state index in [4.69, 9.17) is 0 Å². The highest BCUT2D eigenvalue weighted by Gasteiger charge is 2.39. The summed E-state index contributed by atoms with van der Waals surface area (Å²) in [5.74, 6) is 0. The zero-order valence-corrected chi connectivity index (χ0v) is 10.2. The van der Waals surface area contributed by atoms with E-state index in [0.717, 1.165) is 12.1 Å². The first-order chi connectivity index (χ1) is 6.36. The molecule has 2 aliphatic carbocycles. The van der Waals surface area contributed by atoms with E-state index in [1.807, 2.05) is 0 Å². The van der Waals surface area contributed by atoms with Crippen molar-refractivity contribution in [2.24, 2.45) is 10.8 Å². The molecule has 2 fully saturated rings. The van der Waals surface area contributed by atoms with Crippen LogP contribution in [0.1, 0.15) is 59.8 Å². The van der Waals surface area contributed by atoms with Gasteiger partial charge in [-0.3, -0.25) is 0 Å². The van der Waals surface area contributed by atoms with Crippen LogP contribution in [0.4, 0.5) is 0 Å². The fourth-order valence-electron chi connectivity index (χ4n) is 3.55. The first kappa shape index (κ1) is 10.5. The molecule has 0 spiro atoms. The Bertz CT molecular complexity index is 197.